The van der Waals surface area contributed by atoms with Gasteiger partial charge in [0.2, 0.25) is 5.03 Å². The Bertz CT molecular complexity index is 741. The average Bonchev–Trinajstić information content (AvgIpc) is 2.96. The zero-order valence-corrected chi connectivity index (χ0v) is 13.6. The number of hydrogen-bond donors (Lipinski definition) is 2. The Hall–Kier alpha value is -1.16. The van der Waals surface area contributed by atoms with E-state index in [0.29, 0.717) is 29.9 Å². The number of hydrazine groups is 1. The molecule has 0 aliphatic carbocycles. The number of sulfonamides is 1. The molecule has 0 amide bonds. The molecule has 7 nitrogen and oxygen atoms in total. The largest absolute Gasteiger partial charge is 0.306 e. The third-order valence-electron chi connectivity index (χ3n) is 3.77. The highest BCUT2D eigenvalue weighted by atomic mass is 32.2. The molecule has 2 atom stereocenters. The summed E-state index contributed by atoms with van der Waals surface area (Å²) in [6, 6.07) is 0. The fraction of sp³-hybridized carbons (Fsp3) is 0.583. The minimum absolute atomic E-state index is 0.127. The molecule has 3 rings (SSSR count). The highest BCUT2D eigenvalue weighted by Gasteiger charge is 2.36. The number of nitrogen functional groups attached to an aromatic ring is 1. The van der Waals surface area contributed by atoms with Crippen LogP contribution in [0.3, 0.4) is 0 Å². The normalized spacial score (nSPS) is 24.5. The lowest BCUT2D eigenvalue weighted by Crippen LogP contribution is -2.43. The molecule has 3 heterocycles. The maximum atomic E-state index is 13.0. The predicted octanol–water partition coefficient (Wildman–Crippen LogP) is 1.35. The quantitative estimate of drug-likeness (QED) is 0.655. The molecular formula is C12H19N5O2S2. The molecule has 2 aromatic rings. The second kappa shape index (κ2) is 5.24. The first-order chi connectivity index (χ1) is 9.93. The van der Waals surface area contributed by atoms with Crippen molar-refractivity contribution in [2.24, 2.45) is 17.7 Å². The van der Waals surface area contributed by atoms with Crippen LogP contribution in [0.15, 0.2) is 16.6 Å². The SMILES string of the molecule is CC1CC(C)CN(S(=O)(=O)c2c(NN)nc3sccn23)C1. The number of rotatable bonds is 3. The molecule has 1 fully saturated rings. The summed E-state index contributed by atoms with van der Waals surface area (Å²) in [4.78, 5) is 4.84. The molecule has 1 aliphatic rings. The summed E-state index contributed by atoms with van der Waals surface area (Å²) >= 11 is 1.37. The van der Waals surface area contributed by atoms with Crippen molar-refractivity contribution in [1.29, 1.82) is 0 Å². The molecule has 0 saturated carbocycles. The van der Waals surface area contributed by atoms with Crippen LogP contribution in [0.5, 0.6) is 0 Å². The summed E-state index contributed by atoms with van der Waals surface area (Å²) in [6.07, 6.45) is 2.76. The Labute approximate surface area is 127 Å². The zero-order chi connectivity index (χ0) is 15.2. The van der Waals surface area contributed by atoms with Gasteiger partial charge in [-0.05, 0) is 18.3 Å². The third kappa shape index (κ3) is 2.44. The van der Waals surface area contributed by atoms with Gasteiger partial charge in [-0.1, -0.05) is 13.8 Å². The fourth-order valence-electron chi connectivity index (χ4n) is 3.03. The minimum Gasteiger partial charge on any atom is -0.306 e. The second-order valence-electron chi connectivity index (χ2n) is 5.73. The topological polar surface area (TPSA) is 92.7 Å². The predicted molar refractivity (Wildman–Crippen MR) is 82.6 cm³/mol. The number of nitrogens with two attached hydrogens (primary N) is 1. The lowest BCUT2D eigenvalue weighted by molar-refractivity contribution is 0.222. The van der Waals surface area contributed by atoms with Gasteiger partial charge in [-0.15, -0.1) is 11.3 Å². The van der Waals surface area contributed by atoms with E-state index in [2.05, 4.69) is 24.3 Å². The van der Waals surface area contributed by atoms with E-state index in [1.807, 2.05) is 5.38 Å². The molecule has 3 N–H and O–H groups in total. The lowest BCUT2D eigenvalue weighted by atomic mass is 9.94. The van der Waals surface area contributed by atoms with Gasteiger partial charge in [0.05, 0.1) is 0 Å². The third-order valence-corrected chi connectivity index (χ3v) is 6.39. The maximum Gasteiger partial charge on any atom is 0.262 e. The van der Waals surface area contributed by atoms with Crippen molar-refractivity contribution < 1.29 is 8.42 Å². The summed E-state index contributed by atoms with van der Waals surface area (Å²) < 4.78 is 29.1. The van der Waals surface area contributed by atoms with Crippen LogP contribution in [0.25, 0.3) is 4.96 Å². The van der Waals surface area contributed by atoms with Crippen molar-refractivity contribution in [1.82, 2.24) is 13.7 Å². The van der Waals surface area contributed by atoms with Crippen molar-refractivity contribution in [2.45, 2.75) is 25.3 Å². The first-order valence-corrected chi connectivity index (χ1v) is 9.17. The molecule has 1 saturated heterocycles. The van der Waals surface area contributed by atoms with E-state index in [-0.39, 0.29) is 10.8 Å². The molecule has 9 heteroatoms. The van der Waals surface area contributed by atoms with Gasteiger partial charge in [0, 0.05) is 24.7 Å². The van der Waals surface area contributed by atoms with Gasteiger partial charge >= 0.3 is 0 Å². The highest BCUT2D eigenvalue weighted by Crippen LogP contribution is 2.31. The molecule has 0 spiro atoms. The number of thiazole rings is 1. The fourth-order valence-corrected chi connectivity index (χ4v) is 5.69. The van der Waals surface area contributed by atoms with Crippen molar-refractivity contribution in [3.05, 3.63) is 11.6 Å². The van der Waals surface area contributed by atoms with Gasteiger partial charge in [-0.2, -0.15) is 9.29 Å². The molecule has 0 bridgehead atoms. The maximum absolute atomic E-state index is 13.0. The molecule has 2 aromatic heterocycles. The van der Waals surface area contributed by atoms with Crippen molar-refractivity contribution in [3.8, 4) is 0 Å². The van der Waals surface area contributed by atoms with Crippen LogP contribution in [0.2, 0.25) is 0 Å². The first kappa shape index (κ1) is 14.8. The van der Waals surface area contributed by atoms with E-state index in [0.717, 1.165) is 6.42 Å². The number of aromatic nitrogens is 2. The Kier molecular flexibility index (Phi) is 3.68. The smallest absolute Gasteiger partial charge is 0.262 e. The van der Waals surface area contributed by atoms with Crippen LogP contribution in [0, 0.1) is 11.8 Å². The van der Waals surface area contributed by atoms with Gasteiger partial charge in [0.25, 0.3) is 10.0 Å². The molecule has 0 aromatic carbocycles. The van der Waals surface area contributed by atoms with E-state index in [1.165, 1.54) is 11.3 Å². The van der Waals surface area contributed by atoms with Crippen LogP contribution >= 0.6 is 11.3 Å². The molecule has 1 aliphatic heterocycles. The van der Waals surface area contributed by atoms with Crippen molar-refractivity contribution in [3.63, 3.8) is 0 Å². The molecule has 21 heavy (non-hydrogen) atoms. The zero-order valence-electron chi connectivity index (χ0n) is 12.0. The molecular weight excluding hydrogens is 310 g/mol. The number of nitrogens with zero attached hydrogens (tertiary/aromatic N) is 3. The number of hydrogen-bond acceptors (Lipinski definition) is 6. The lowest BCUT2D eigenvalue weighted by Gasteiger charge is -2.33. The van der Waals surface area contributed by atoms with Crippen LogP contribution in [0.1, 0.15) is 20.3 Å². The molecule has 116 valence electrons. The number of piperidine rings is 1. The van der Waals surface area contributed by atoms with Crippen molar-refractivity contribution in [2.75, 3.05) is 18.5 Å². The minimum atomic E-state index is -3.63. The second-order valence-corrected chi connectivity index (χ2v) is 8.46. The number of imidazole rings is 1. The van der Waals surface area contributed by atoms with Crippen LogP contribution in [-0.2, 0) is 10.0 Å². The van der Waals surface area contributed by atoms with E-state index in [1.54, 1.807) is 14.9 Å². The average molecular weight is 329 g/mol. The standard InChI is InChI=1S/C12H19N5O2S2/c1-8-5-9(2)7-16(6-8)21(18,19)11-10(15-13)14-12-17(11)3-4-20-12/h3-4,8-9,15H,5-7,13H2,1-2H3. The van der Waals surface area contributed by atoms with Gasteiger partial charge in [-0.25, -0.2) is 14.3 Å². The van der Waals surface area contributed by atoms with Gasteiger partial charge in [0.15, 0.2) is 10.8 Å². The van der Waals surface area contributed by atoms with Crippen molar-refractivity contribution >= 4 is 32.1 Å². The van der Waals surface area contributed by atoms with Crippen LogP contribution in [0.4, 0.5) is 5.82 Å². The molecule has 2 unspecified atom stereocenters. The van der Waals surface area contributed by atoms with Gasteiger partial charge in [0.1, 0.15) is 0 Å². The Balaban J connectivity index is 2.09. The van der Waals surface area contributed by atoms with E-state index < -0.39 is 10.0 Å². The Morgan fingerprint density at radius 1 is 1.38 bits per heavy atom. The number of anilines is 1. The highest BCUT2D eigenvalue weighted by molar-refractivity contribution is 7.89. The number of fused-ring (bicyclic) bond motifs is 1. The van der Waals surface area contributed by atoms with Crippen LogP contribution < -0.4 is 11.3 Å². The van der Waals surface area contributed by atoms with Crippen LogP contribution in [-0.4, -0.2) is 35.2 Å². The molecule has 0 radical (unpaired) electrons. The number of nitrogens with one attached hydrogen (secondary N) is 1. The first-order valence-electron chi connectivity index (χ1n) is 6.85. The monoisotopic (exact) mass is 329 g/mol. The Morgan fingerprint density at radius 3 is 2.67 bits per heavy atom. The summed E-state index contributed by atoms with van der Waals surface area (Å²) in [5.74, 6) is 6.35. The summed E-state index contributed by atoms with van der Waals surface area (Å²) in [6.45, 7) is 5.23. The van der Waals surface area contributed by atoms with E-state index >= 15 is 0 Å². The van der Waals surface area contributed by atoms with E-state index in [4.69, 9.17) is 5.84 Å². The van der Waals surface area contributed by atoms with E-state index in [9.17, 15) is 8.42 Å². The summed E-state index contributed by atoms with van der Waals surface area (Å²) in [5.41, 5.74) is 2.41. The van der Waals surface area contributed by atoms with Gasteiger partial charge in [-0.3, -0.25) is 4.40 Å². The summed E-state index contributed by atoms with van der Waals surface area (Å²) in [7, 11) is -3.63. The summed E-state index contributed by atoms with van der Waals surface area (Å²) in [5, 5.41) is 1.94. The van der Waals surface area contributed by atoms with Gasteiger partial charge < -0.3 is 5.43 Å². The Morgan fingerprint density at radius 2 is 2.05 bits per heavy atom.